The Bertz CT molecular complexity index is 617. The number of hydrogen-bond donors (Lipinski definition) is 1. The van der Waals surface area contributed by atoms with Gasteiger partial charge in [0.1, 0.15) is 0 Å². The smallest absolute Gasteiger partial charge is 0.255 e. The second kappa shape index (κ2) is 9.62. The predicted molar refractivity (Wildman–Crippen MR) is 104 cm³/mol. The molecule has 5 nitrogen and oxygen atoms in total. The third-order valence-electron chi connectivity index (χ3n) is 4.10. The van der Waals surface area contributed by atoms with E-state index in [0.29, 0.717) is 49.1 Å². The number of nitrogens with zero attached hydrogens (tertiary/aromatic N) is 2. The lowest BCUT2D eigenvalue weighted by Crippen LogP contribution is -2.54. The Balaban J connectivity index is 0.00000312. The first-order valence-corrected chi connectivity index (χ1v) is 8.84. The fourth-order valence-corrected chi connectivity index (χ4v) is 3.19. The zero-order valence-electron chi connectivity index (χ0n) is 14.4. The van der Waals surface area contributed by atoms with Crippen LogP contribution in [0.2, 0.25) is 10.0 Å². The van der Waals surface area contributed by atoms with Gasteiger partial charge in [-0.2, -0.15) is 0 Å². The summed E-state index contributed by atoms with van der Waals surface area (Å²) >= 11 is 12.1. The van der Waals surface area contributed by atoms with E-state index in [-0.39, 0.29) is 29.2 Å². The summed E-state index contributed by atoms with van der Waals surface area (Å²) in [5.41, 5.74) is 6.36. The molecule has 25 heavy (non-hydrogen) atoms. The third-order valence-corrected chi connectivity index (χ3v) is 4.92. The monoisotopic (exact) mass is 407 g/mol. The van der Waals surface area contributed by atoms with Crippen molar-refractivity contribution in [2.45, 2.75) is 26.3 Å². The molecule has 1 aliphatic rings. The van der Waals surface area contributed by atoms with Crippen LogP contribution in [0.5, 0.6) is 0 Å². The van der Waals surface area contributed by atoms with Gasteiger partial charge < -0.3 is 15.5 Å². The molecular weight excluding hydrogens is 385 g/mol. The molecule has 1 saturated heterocycles. The second-order valence-electron chi connectivity index (χ2n) is 6.45. The van der Waals surface area contributed by atoms with Gasteiger partial charge in [0, 0.05) is 26.2 Å². The molecule has 2 N–H and O–H groups in total. The second-order valence-corrected chi connectivity index (χ2v) is 7.24. The molecule has 0 bridgehead atoms. The Hall–Kier alpha value is -1.01. The summed E-state index contributed by atoms with van der Waals surface area (Å²) in [6, 6.07) is 4.53. The maximum Gasteiger partial charge on any atom is 0.255 e. The molecular formula is C17H24Cl3N3O2. The number of halogens is 3. The third kappa shape index (κ3) is 5.48. The predicted octanol–water partition coefficient (Wildman–Crippen LogP) is 3.07. The molecule has 1 aromatic carbocycles. The standard InChI is InChI=1S/C17H23Cl2N3O2.ClH/c1-11(2)10-14(20)17(24)22-8-6-21(7-9-22)16(23)12-4-3-5-13(18)15(12)19;/h3-5,11,14H,6-10,20H2,1-2H3;1H/t14-;/m0./s1. The van der Waals surface area contributed by atoms with Crippen LogP contribution >= 0.6 is 35.6 Å². The van der Waals surface area contributed by atoms with Crippen molar-refractivity contribution in [3.8, 4) is 0 Å². The summed E-state index contributed by atoms with van der Waals surface area (Å²) in [5.74, 6) is 0.162. The Kier molecular flexibility index (Phi) is 8.48. The van der Waals surface area contributed by atoms with Gasteiger partial charge in [0.2, 0.25) is 5.91 Å². The zero-order valence-corrected chi connectivity index (χ0v) is 16.7. The first-order chi connectivity index (χ1) is 11.3. The van der Waals surface area contributed by atoms with Crippen LogP contribution in [0.1, 0.15) is 30.6 Å². The van der Waals surface area contributed by atoms with E-state index in [4.69, 9.17) is 28.9 Å². The number of benzene rings is 1. The van der Waals surface area contributed by atoms with E-state index in [0.717, 1.165) is 0 Å². The molecule has 0 aliphatic carbocycles. The maximum atomic E-state index is 12.6. The fraction of sp³-hybridized carbons (Fsp3) is 0.529. The van der Waals surface area contributed by atoms with Crippen LogP contribution in [0.25, 0.3) is 0 Å². The number of carbonyl (C=O) groups is 2. The molecule has 1 aliphatic heterocycles. The SMILES string of the molecule is CC(C)C[C@H](N)C(=O)N1CCN(C(=O)c2cccc(Cl)c2Cl)CC1.Cl. The minimum Gasteiger partial charge on any atom is -0.338 e. The van der Waals surface area contributed by atoms with Crippen LogP contribution in [0.4, 0.5) is 0 Å². The highest BCUT2D eigenvalue weighted by Gasteiger charge is 2.28. The van der Waals surface area contributed by atoms with Gasteiger partial charge in [0.25, 0.3) is 5.91 Å². The van der Waals surface area contributed by atoms with E-state index < -0.39 is 6.04 Å². The van der Waals surface area contributed by atoms with Crippen LogP contribution in [0.15, 0.2) is 18.2 Å². The van der Waals surface area contributed by atoms with Gasteiger partial charge in [0.05, 0.1) is 21.7 Å². The van der Waals surface area contributed by atoms with Crippen molar-refractivity contribution in [3.05, 3.63) is 33.8 Å². The van der Waals surface area contributed by atoms with Gasteiger partial charge in [-0.3, -0.25) is 9.59 Å². The molecule has 140 valence electrons. The van der Waals surface area contributed by atoms with Crippen LogP contribution in [-0.2, 0) is 4.79 Å². The van der Waals surface area contributed by atoms with Crippen molar-refractivity contribution in [3.63, 3.8) is 0 Å². The first-order valence-electron chi connectivity index (χ1n) is 8.09. The van der Waals surface area contributed by atoms with Crippen molar-refractivity contribution in [2.24, 2.45) is 11.7 Å². The molecule has 2 rings (SSSR count). The molecule has 0 saturated carbocycles. The number of rotatable bonds is 4. The van der Waals surface area contributed by atoms with Crippen LogP contribution in [-0.4, -0.2) is 53.8 Å². The number of amides is 2. The Morgan fingerprint density at radius 2 is 1.68 bits per heavy atom. The lowest BCUT2D eigenvalue weighted by atomic mass is 10.0. The maximum absolute atomic E-state index is 12.6. The van der Waals surface area contributed by atoms with Crippen molar-refractivity contribution in [1.82, 2.24) is 9.80 Å². The van der Waals surface area contributed by atoms with E-state index in [1.165, 1.54) is 0 Å². The minimum absolute atomic E-state index is 0. The molecule has 2 amide bonds. The average molecular weight is 409 g/mol. The molecule has 1 heterocycles. The van der Waals surface area contributed by atoms with E-state index >= 15 is 0 Å². The van der Waals surface area contributed by atoms with Crippen molar-refractivity contribution >= 4 is 47.4 Å². The van der Waals surface area contributed by atoms with Crippen LogP contribution < -0.4 is 5.73 Å². The molecule has 1 atom stereocenters. The Labute approximate surface area is 164 Å². The molecule has 0 radical (unpaired) electrons. The summed E-state index contributed by atoms with van der Waals surface area (Å²) in [6.07, 6.45) is 0.663. The zero-order chi connectivity index (χ0) is 17.9. The quantitative estimate of drug-likeness (QED) is 0.832. The summed E-state index contributed by atoms with van der Waals surface area (Å²) in [6.45, 7) is 5.96. The van der Waals surface area contributed by atoms with Gasteiger partial charge in [0.15, 0.2) is 0 Å². The Morgan fingerprint density at radius 3 is 2.24 bits per heavy atom. The lowest BCUT2D eigenvalue weighted by Gasteiger charge is -2.36. The Morgan fingerprint density at radius 1 is 1.12 bits per heavy atom. The van der Waals surface area contributed by atoms with Crippen molar-refractivity contribution in [1.29, 1.82) is 0 Å². The number of piperazine rings is 1. The topological polar surface area (TPSA) is 66.6 Å². The normalized spacial score (nSPS) is 15.8. The highest BCUT2D eigenvalue weighted by molar-refractivity contribution is 6.43. The molecule has 1 aromatic rings. The number of nitrogens with two attached hydrogens (primary N) is 1. The molecule has 8 heteroatoms. The molecule has 0 spiro atoms. The largest absolute Gasteiger partial charge is 0.338 e. The summed E-state index contributed by atoms with van der Waals surface area (Å²) in [7, 11) is 0. The number of carbonyl (C=O) groups excluding carboxylic acids is 2. The van der Waals surface area contributed by atoms with Crippen molar-refractivity contribution < 1.29 is 9.59 Å². The van der Waals surface area contributed by atoms with Gasteiger partial charge in [-0.1, -0.05) is 43.1 Å². The van der Waals surface area contributed by atoms with Gasteiger partial charge in [-0.25, -0.2) is 0 Å². The highest BCUT2D eigenvalue weighted by atomic mass is 35.5. The van der Waals surface area contributed by atoms with E-state index in [1.807, 2.05) is 13.8 Å². The minimum atomic E-state index is -0.477. The highest BCUT2D eigenvalue weighted by Crippen LogP contribution is 2.26. The summed E-state index contributed by atoms with van der Waals surface area (Å²) in [4.78, 5) is 28.3. The average Bonchev–Trinajstić information content (AvgIpc) is 2.55. The van der Waals surface area contributed by atoms with E-state index in [9.17, 15) is 9.59 Å². The summed E-state index contributed by atoms with van der Waals surface area (Å²) < 4.78 is 0. The molecule has 1 fully saturated rings. The fourth-order valence-electron chi connectivity index (χ4n) is 2.81. The van der Waals surface area contributed by atoms with Gasteiger partial charge in [-0.05, 0) is 24.5 Å². The van der Waals surface area contributed by atoms with E-state index in [2.05, 4.69) is 0 Å². The first kappa shape index (κ1) is 22.0. The molecule has 0 aromatic heterocycles. The van der Waals surface area contributed by atoms with Crippen molar-refractivity contribution in [2.75, 3.05) is 26.2 Å². The van der Waals surface area contributed by atoms with Gasteiger partial charge >= 0.3 is 0 Å². The number of hydrogen-bond acceptors (Lipinski definition) is 3. The van der Waals surface area contributed by atoms with Crippen LogP contribution in [0.3, 0.4) is 0 Å². The summed E-state index contributed by atoms with van der Waals surface area (Å²) in [5, 5.41) is 0.623. The van der Waals surface area contributed by atoms with Gasteiger partial charge in [-0.15, -0.1) is 12.4 Å². The van der Waals surface area contributed by atoms with Crippen LogP contribution in [0, 0.1) is 5.92 Å². The lowest BCUT2D eigenvalue weighted by molar-refractivity contribution is -0.134. The molecule has 0 unspecified atom stereocenters. The van der Waals surface area contributed by atoms with E-state index in [1.54, 1.807) is 28.0 Å².